The molecule has 1 aromatic heterocycles. The van der Waals surface area contributed by atoms with Crippen LogP contribution in [0, 0.1) is 10.1 Å². The first-order valence-corrected chi connectivity index (χ1v) is 8.48. The summed E-state index contributed by atoms with van der Waals surface area (Å²) in [5.41, 5.74) is 2.56. The summed E-state index contributed by atoms with van der Waals surface area (Å²) in [5, 5.41) is 16.6. The van der Waals surface area contributed by atoms with Gasteiger partial charge in [-0.1, -0.05) is 0 Å². The van der Waals surface area contributed by atoms with Crippen LogP contribution >= 0.6 is 0 Å². The van der Waals surface area contributed by atoms with Crippen LogP contribution in [0.15, 0.2) is 67.3 Å². The number of imidazole rings is 1. The average Bonchev–Trinajstić information content (AvgIpc) is 3.21. The third-order valence-corrected chi connectivity index (χ3v) is 3.94. The molecule has 138 valence electrons. The second kappa shape index (κ2) is 8.61. The van der Waals surface area contributed by atoms with Crippen molar-refractivity contribution in [2.75, 3.05) is 17.2 Å². The highest BCUT2D eigenvalue weighted by molar-refractivity contribution is 5.90. The largest absolute Gasteiger partial charge is 0.385 e. The quantitative estimate of drug-likeness (QED) is 0.361. The van der Waals surface area contributed by atoms with Crippen molar-refractivity contribution in [2.24, 2.45) is 0 Å². The van der Waals surface area contributed by atoms with E-state index >= 15 is 0 Å². The number of nitrogens with one attached hydrogen (secondary N) is 2. The van der Waals surface area contributed by atoms with Gasteiger partial charge in [0.15, 0.2) is 0 Å². The smallest absolute Gasteiger partial charge is 0.269 e. The molecule has 2 aromatic carbocycles. The minimum atomic E-state index is -0.434. The summed E-state index contributed by atoms with van der Waals surface area (Å²) in [6.45, 7) is 0.602. The van der Waals surface area contributed by atoms with Gasteiger partial charge >= 0.3 is 0 Å². The molecule has 1 amide bonds. The number of non-ortho nitro benzene ring substituents is 1. The molecular formula is C19H19N5O3. The summed E-state index contributed by atoms with van der Waals surface area (Å²) >= 11 is 0. The van der Waals surface area contributed by atoms with Crippen molar-refractivity contribution < 1.29 is 9.72 Å². The molecular weight excluding hydrogens is 346 g/mol. The Morgan fingerprint density at radius 2 is 1.78 bits per heavy atom. The number of hydrogen-bond acceptors (Lipinski definition) is 5. The maximum Gasteiger partial charge on any atom is 0.269 e. The molecule has 3 aromatic rings. The van der Waals surface area contributed by atoms with E-state index in [0.29, 0.717) is 19.4 Å². The Morgan fingerprint density at radius 3 is 2.41 bits per heavy atom. The van der Waals surface area contributed by atoms with Gasteiger partial charge in [-0.25, -0.2) is 4.98 Å². The van der Waals surface area contributed by atoms with E-state index in [4.69, 9.17) is 0 Å². The van der Waals surface area contributed by atoms with E-state index in [-0.39, 0.29) is 11.6 Å². The van der Waals surface area contributed by atoms with Crippen LogP contribution < -0.4 is 10.6 Å². The highest BCUT2D eigenvalue weighted by Gasteiger charge is 2.05. The number of nitrogens with zero attached hydrogens (tertiary/aromatic N) is 3. The minimum Gasteiger partial charge on any atom is -0.385 e. The van der Waals surface area contributed by atoms with Crippen molar-refractivity contribution in [3.05, 3.63) is 77.4 Å². The monoisotopic (exact) mass is 365 g/mol. The number of carbonyl (C=O) groups is 1. The van der Waals surface area contributed by atoms with E-state index in [1.807, 2.05) is 35.0 Å². The molecule has 0 bridgehead atoms. The summed E-state index contributed by atoms with van der Waals surface area (Å²) in [6, 6.07) is 13.7. The number of aromatic nitrogens is 2. The molecule has 0 radical (unpaired) electrons. The average molecular weight is 365 g/mol. The molecule has 0 spiro atoms. The van der Waals surface area contributed by atoms with Crippen molar-refractivity contribution in [3.8, 4) is 5.69 Å². The maximum atomic E-state index is 12.0. The first kappa shape index (κ1) is 18.1. The van der Waals surface area contributed by atoms with Gasteiger partial charge in [0.1, 0.15) is 0 Å². The Labute approximate surface area is 156 Å². The van der Waals surface area contributed by atoms with Crippen molar-refractivity contribution >= 4 is 23.0 Å². The van der Waals surface area contributed by atoms with Crippen molar-refractivity contribution in [1.82, 2.24) is 9.55 Å². The lowest BCUT2D eigenvalue weighted by molar-refractivity contribution is -0.384. The van der Waals surface area contributed by atoms with Crippen LogP contribution in [0.3, 0.4) is 0 Å². The van der Waals surface area contributed by atoms with Gasteiger partial charge in [-0.2, -0.15) is 0 Å². The van der Waals surface area contributed by atoms with Gasteiger partial charge in [0.2, 0.25) is 5.91 Å². The lowest BCUT2D eigenvalue weighted by Crippen LogP contribution is -2.13. The summed E-state index contributed by atoms with van der Waals surface area (Å²) in [5.74, 6) is -0.0594. The molecule has 0 aliphatic rings. The lowest BCUT2D eigenvalue weighted by Gasteiger charge is -2.08. The Kier molecular flexibility index (Phi) is 5.78. The number of anilines is 2. The van der Waals surface area contributed by atoms with E-state index < -0.39 is 4.92 Å². The van der Waals surface area contributed by atoms with Gasteiger partial charge in [0.25, 0.3) is 5.69 Å². The Hall–Kier alpha value is -3.68. The van der Waals surface area contributed by atoms with Gasteiger partial charge in [0, 0.05) is 54.6 Å². The summed E-state index contributed by atoms with van der Waals surface area (Å²) in [7, 11) is 0. The van der Waals surface area contributed by atoms with Crippen molar-refractivity contribution in [2.45, 2.75) is 12.8 Å². The molecule has 8 nitrogen and oxygen atoms in total. The molecule has 0 aliphatic carbocycles. The summed E-state index contributed by atoms with van der Waals surface area (Å²) < 4.78 is 1.88. The fourth-order valence-corrected chi connectivity index (χ4v) is 2.53. The Morgan fingerprint density at radius 1 is 1.07 bits per heavy atom. The Balaban J connectivity index is 1.40. The maximum absolute atomic E-state index is 12.0. The highest BCUT2D eigenvalue weighted by atomic mass is 16.6. The highest BCUT2D eigenvalue weighted by Crippen LogP contribution is 2.16. The first-order valence-electron chi connectivity index (χ1n) is 8.48. The van der Waals surface area contributed by atoms with E-state index in [1.165, 1.54) is 12.1 Å². The fourth-order valence-electron chi connectivity index (χ4n) is 2.53. The van der Waals surface area contributed by atoms with Gasteiger partial charge in [-0.15, -0.1) is 0 Å². The molecule has 1 heterocycles. The molecule has 0 fully saturated rings. The molecule has 0 saturated carbocycles. The second-order valence-electron chi connectivity index (χ2n) is 5.90. The van der Waals surface area contributed by atoms with Crippen molar-refractivity contribution in [3.63, 3.8) is 0 Å². The number of benzene rings is 2. The number of nitro benzene ring substituents is 1. The van der Waals surface area contributed by atoms with Crippen LogP contribution in [0.4, 0.5) is 17.1 Å². The molecule has 0 saturated heterocycles. The van der Waals surface area contributed by atoms with Gasteiger partial charge < -0.3 is 15.2 Å². The molecule has 0 unspecified atom stereocenters. The molecule has 0 aliphatic heterocycles. The predicted molar refractivity (Wildman–Crippen MR) is 103 cm³/mol. The SMILES string of the molecule is O=C(CCCNc1ccc([N+](=O)[O-])cc1)Nc1ccc(-n2ccnc2)cc1. The number of nitro groups is 1. The normalized spacial score (nSPS) is 10.4. The number of rotatable bonds is 8. The zero-order valence-corrected chi connectivity index (χ0v) is 14.5. The molecule has 27 heavy (non-hydrogen) atoms. The number of amides is 1. The molecule has 3 rings (SSSR count). The fraction of sp³-hybridized carbons (Fsp3) is 0.158. The van der Waals surface area contributed by atoms with E-state index in [0.717, 1.165) is 17.1 Å². The first-order chi connectivity index (χ1) is 13.1. The second-order valence-corrected chi connectivity index (χ2v) is 5.90. The minimum absolute atomic E-state index is 0.0546. The Bertz CT molecular complexity index is 890. The third-order valence-electron chi connectivity index (χ3n) is 3.94. The van der Waals surface area contributed by atoms with Crippen LogP contribution in [-0.4, -0.2) is 26.9 Å². The summed E-state index contributed by atoms with van der Waals surface area (Å²) in [6.07, 6.45) is 6.30. The molecule has 8 heteroatoms. The number of carbonyl (C=O) groups excluding carboxylic acids is 1. The van der Waals surface area contributed by atoms with E-state index in [9.17, 15) is 14.9 Å². The molecule has 0 atom stereocenters. The standard InChI is InChI=1S/C19H19N5O3/c25-19(2-1-11-21-15-3-9-18(10-4-15)24(26)27)22-16-5-7-17(8-6-16)23-13-12-20-14-23/h3-10,12-14,21H,1-2,11H2,(H,22,25). The topological polar surface area (TPSA) is 102 Å². The zero-order valence-electron chi connectivity index (χ0n) is 14.5. The van der Waals surface area contributed by atoms with Gasteiger partial charge in [-0.3, -0.25) is 14.9 Å². The van der Waals surface area contributed by atoms with E-state index in [1.54, 1.807) is 24.7 Å². The summed E-state index contributed by atoms with van der Waals surface area (Å²) in [4.78, 5) is 26.2. The number of hydrogen-bond donors (Lipinski definition) is 2. The lowest BCUT2D eigenvalue weighted by atomic mass is 10.2. The van der Waals surface area contributed by atoms with Crippen LogP contribution in [0.1, 0.15) is 12.8 Å². The van der Waals surface area contributed by atoms with Crippen LogP contribution in [0.5, 0.6) is 0 Å². The molecule has 2 N–H and O–H groups in total. The van der Waals surface area contributed by atoms with Crippen LogP contribution in [0.25, 0.3) is 5.69 Å². The zero-order chi connectivity index (χ0) is 19.1. The van der Waals surface area contributed by atoms with E-state index in [2.05, 4.69) is 15.6 Å². The van der Waals surface area contributed by atoms with Crippen molar-refractivity contribution in [1.29, 1.82) is 0 Å². The van der Waals surface area contributed by atoms with Gasteiger partial charge in [0.05, 0.1) is 11.3 Å². The third kappa shape index (κ3) is 5.15. The van der Waals surface area contributed by atoms with Crippen LogP contribution in [-0.2, 0) is 4.79 Å². The predicted octanol–water partition coefficient (Wildman–Crippen LogP) is 3.61. The van der Waals surface area contributed by atoms with Gasteiger partial charge in [-0.05, 0) is 42.8 Å². The van der Waals surface area contributed by atoms with Crippen LogP contribution in [0.2, 0.25) is 0 Å².